The van der Waals surface area contributed by atoms with Crippen LogP contribution in [0.3, 0.4) is 0 Å². The fourth-order valence-corrected chi connectivity index (χ4v) is 1.05. The van der Waals surface area contributed by atoms with Crippen LogP contribution in [0.5, 0.6) is 0 Å². The molecule has 0 radical (unpaired) electrons. The molecular formula is C10H12FN3O2. The molecule has 0 aliphatic heterocycles. The van der Waals surface area contributed by atoms with Crippen molar-refractivity contribution in [3.63, 3.8) is 0 Å². The van der Waals surface area contributed by atoms with Crippen LogP contribution in [-0.2, 0) is 4.79 Å². The van der Waals surface area contributed by atoms with Crippen molar-refractivity contribution in [2.24, 2.45) is 11.5 Å². The molecule has 0 saturated carbocycles. The maximum absolute atomic E-state index is 13.1. The first kappa shape index (κ1) is 12.1. The van der Waals surface area contributed by atoms with Gasteiger partial charge in [-0.2, -0.15) is 0 Å². The van der Waals surface area contributed by atoms with Crippen LogP contribution < -0.4 is 16.8 Å². The zero-order valence-corrected chi connectivity index (χ0v) is 8.66. The van der Waals surface area contributed by atoms with E-state index in [1.165, 1.54) is 13.0 Å². The summed E-state index contributed by atoms with van der Waals surface area (Å²) in [5, 5.41) is 2.43. The zero-order chi connectivity index (χ0) is 12.3. The van der Waals surface area contributed by atoms with Gasteiger partial charge in [-0.15, -0.1) is 0 Å². The highest BCUT2D eigenvalue weighted by molar-refractivity contribution is 5.97. The van der Waals surface area contributed by atoms with Gasteiger partial charge in [-0.1, -0.05) is 0 Å². The predicted molar refractivity (Wildman–Crippen MR) is 57.2 cm³/mol. The molecule has 0 spiro atoms. The lowest BCUT2D eigenvalue weighted by molar-refractivity contribution is -0.117. The molecule has 0 saturated heterocycles. The van der Waals surface area contributed by atoms with Crippen molar-refractivity contribution in [2.75, 3.05) is 5.32 Å². The second kappa shape index (κ2) is 4.71. The van der Waals surface area contributed by atoms with Crippen LogP contribution in [0.15, 0.2) is 18.2 Å². The number of carbonyl (C=O) groups is 2. The number of carbonyl (C=O) groups excluding carboxylic acids is 2. The Morgan fingerprint density at radius 2 is 2.06 bits per heavy atom. The molecule has 1 rings (SSSR count). The van der Waals surface area contributed by atoms with Gasteiger partial charge in [0.15, 0.2) is 0 Å². The summed E-state index contributed by atoms with van der Waals surface area (Å²) in [5.41, 5.74) is 10.3. The van der Waals surface area contributed by atoms with Crippen molar-refractivity contribution in [3.05, 3.63) is 29.6 Å². The summed E-state index contributed by atoms with van der Waals surface area (Å²) in [5.74, 6) is -2.05. The van der Waals surface area contributed by atoms with Crippen molar-refractivity contribution in [1.82, 2.24) is 0 Å². The van der Waals surface area contributed by atoms with Crippen molar-refractivity contribution in [3.8, 4) is 0 Å². The molecule has 1 atom stereocenters. The molecule has 2 amide bonds. The lowest BCUT2D eigenvalue weighted by atomic mass is 10.1. The quantitative estimate of drug-likeness (QED) is 0.685. The van der Waals surface area contributed by atoms with E-state index in [2.05, 4.69) is 5.32 Å². The molecule has 0 fully saturated rings. The summed E-state index contributed by atoms with van der Waals surface area (Å²) < 4.78 is 13.1. The summed E-state index contributed by atoms with van der Waals surface area (Å²) in [6.07, 6.45) is 0. The minimum absolute atomic E-state index is 0.275. The molecule has 1 aromatic rings. The van der Waals surface area contributed by atoms with Gasteiger partial charge in [0.1, 0.15) is 5.82 Å². The van der Waals surface area contributed by atoms with E-state index in [0.29, 0.717) is 0 Å². The number of primary amides is 1. The number of nitrogens with one attached hydrogen (secondary N) is 1. The Morgan fingerprint density at radius 1 is 1.44 bits per heavy atom. The molecule has 5 nitrogen and oxygen atoms in total. The summed E-state index contributed by atoms with van der Waals surface area (Å²) >= 11 is 0. The van der Waals surface area contributed by atoms with E-state index >= 15 is 0 Å². The summed E-state index contributed by atoms with van der Waals surface area (Å²) in [6, 6.07) is 2.85. The number of amides is 2. The molecule has 0 unspecified atom stereocenters. The Hall–Kier alpha value is -1.95. The highest BCUT2D eigenvalue weighted by Gasteiger charge is 2.12. The van der Waals surface area contributed by atoms with E-state index in [0.717, 1.165) is 12.1 Å². The molecule has 0 aliphatic rings. The van der Waals surface area contributed by atoms with Gasteiger partial charge in [-0.3, -0.25) is 9.59 Å². The minimum atomic E-state index is -0.894. The van der Waals surface area contributed by atoms with Crippen molar-refractivity contribution >= 4 is 17.5 Å². The molecule has 0 bridgehead atoms. The van der Waals surface area contributed by atoms with Crippen LogP contribution in [0.4, 0.5) is 10.1 Å². The van der Waals surface area contributed by atoms with Crippen molar-refractivity contribution < 1.29 is 14.0 Å². The lowest BCUT2D eigenvalue weighted by Crippen LogP contribution is -2.32. The van der Waals surface area contributed by atoms with Gasteiger partial charge < -0.3 is 16.8 Å². The van der Waals surface area contributed by atoms with Gasteiger partial charge in [-0.25, -0.2) is 4.39 Å². The summed E-state index contributed by atoms with van der Waals surface area (Å²) in [4.78, 5) is 22.1. The smallest absolute Gasteiger partial charge is 0.251 e. The van der Waals surface area contributed by atoms with Gasteiger partial charge in [0.05, 0.1) is 11.6 Å². The van der Waals surface area contributed by atoms with Crippen LogP contribution in [-0.4, -0.2) is 17.9 Å². The SMILES string of the molecule is C[C@@H](N)C(=O)Nc1ccc(F)c(C(N)=O)c1. The molecule has 6 heteroatoms. The van der Waals surface area contributed by atoms with Crippen LogP contribution in [0.25, 0.3) is 0 Å². The molecule has 16 heavy (non-hydrogen) atoms. The lowest BCUT2D eigenvalue weighted by Gasteiger charge is -2.08. The normalized spacial score (nSPS) is 11.9. The van der Waals surface area contributed by atoms with Gasteiger partial charge >= 0.3 is 0 Å². The number of halogens is 1. The fourth-order valence-electron chi connectivity index (χ4n) is 1.05. The Labute approximate surface area is 91.6 Å². The van der Waals surface area contributed by atoms with Crippen molar-refractivity contribution in [1.29, 1.82) is 0 Å². The van der Waals surface area contributed by atoms with Crippen molar-refractivity contribution in [2.45, 2.75) is 13.0 Å². The van der Waals surface area contributed by atoms with Crippen LogP contribution in [0.1, 0.15) is 17.3 Å². The minimum Gasteiger partial charge on any atom is -0.366 e. The van der Waals surface area contributed by atoms with Gasteiger partial charge in [-0.05, 0) is 25.1 Å². The highest BCUT2D eigenvalue weighted by Crippen LogP contribution is 2.14. The maximum atomic E-state index is 13.1. The fraction of sp³-hybridized carbons (Fsp3) is 0.200. The summed E-state index contributed by atoms with van der Waals surface area (Å²) in [6.45, 7) is 1.51. The topological polar surface area (TPSA) is 98.2 Å². The Bertz CT molecular complexity index is 432. The van der Waals surface area contributed by atoms with Gasteiger partial charge in [0.25, 0.3) is 5.91 Å². The molecular weight excluding hydrogens is 213 g/mol. The number of anilines is 1. The van der Waals surface area contributed by atoms with E-state index in [1.807, 2.05) is 0 Å². The van der Waals surface area contributed by atoms with Crippen LogP contribution in [0.2, 0.25) is 0 Å². The Balaban J connectivity index is 2.95. The first-order valence-electron chi connectivity index (χ1n) is 4.57. The number of rotatable bonds is 3. The zero-order valence-electron chi connectivity index (χ0n) is 8.66. The van der Waals surface area contributed by atoms with Crippen LogP contribution >= 0.6 is 0 Å². The Morgan fingerprint density at radius 3 is 2.56 bits per heavy atom. The third kappa shape index (κ3) is 2.77. The number of nitrogens with two attached hydrogens (primary N) is 2. The third-order valence-corrected chi connectivity index (χ3v) is 1.91. The molecule has 0 aliphatic carbocycles. The Kier molecular flexibility index (Phi) is 3.57. The molecule has 86 valence electrons. The van der Waals surface area contributed by atoms with Crippen LogP contribution in [0, 0.1) is 5.82 Å². The number of hydrogen-bond donors (Lipinski definition) is 3. The molecule has 1 aromatic carbocycles. The first-order valence-corrected chi connectivity index (χ1v) is 4.57. The first-order chi connectivity index (χ1) is 7.41. The predicted octanol–water partition coefficient (Wildman–Crippen LogP) is 0.210. The average molecular weight is 225 g/mol. The second-order valence-corrected chi connectivity index (χ2v) is 3.34. The van der Waals surface area contributed by atoms with E-state index in [1.54, 1.807) is 0 Å². The number of benzene rings is 1. The summed E-state index contributed by atoms with van der Waals surface area (Å²) in [7, 11) is 0. The maximum Gasteiger partial charge on any atom is 0.251 e. The van der Waals surface area contributed by atoms with E-state index in [-0.39, 0.29) is 11.3 Å². The standard InChI is InChI=1S/C10H12FN3O2/c1-5(12)10(16)14-6-2-3-8(11)7(4-6)9(13)15/h2-5H,12H2,1H3,(H2,13,15)(H,14,16)/t5-/m1/s1. The van der Waals surface area contributed by atoms with Gasteiger partial charge in [0.2, 0.25) is 5.91 Å². The molecule has 0 aromatic heterocycles. The highest BCUT2D eigenvalue weighted by atomic mass is 19.1. The van der Waals surface area contributed by atoms with E-state index < -0.39 is 23.7 Å². The van der Waals surface area contributed by atoms with E-state index in [9.17, 15) is 14.0 Å². The average Bonchev–Trinajstić information content (AvgIpc) is 2.20. The largest absolute Gasteiger partial charge is 0.366 e. The molecule has 0 heterocycles. The van der Waals surface area contributed by atoms with Gasteiger partial charge in [0, 0.05) is 5.69 Å². The third-order valence-electron chi connectivity index (χ3n) is 1.91. The second-order valence-electron chi connectivity index (χ2n) is 3.34. The monoisotopic (exact) mass is 225 g/mol. The molecule has 5 N–H and O–H groups in total. The number of hydrogen-bond acceptors (Lipinski definition) is 3. The van der Waals surface area contributed by atoms with E-state index in [4.69, 9.17) is 11.5 Å².